The van der Waals surface area contributed by atoms with Crippen LogP contribution in [-0.2, 0) is 11.3 Å². The Kier molecular flexibility index (Phi) is 6.54. The van der Waals surface area contributed by atoms with E-state index < -0.39 is 0 Å². The van der Waals surface area contributed by atoms with Crippen LogP contribution < -0.4 is 11.1 Å². The quantitative estimate of drug-likeness (QED) is 0.847. The van der Waals surface area contributed by atoms with E-state index in [-0.39, 0.29) is 11.9 Å². The third kappa shape index (κ3) is 6.08. The minimum atomic E-state index is 0.0406. The third-order valence-corrected chi connectivity index (χ3v) is 4.49. The monoisotopic (exact) mass is 307 g/mol. The summed E-state index contributed by atoms with van der Waals surface area (Å²) >= 11 is 2.02. The van der Waals surface area contributed by atoms with Crippen LogP contribution in [0.1, 0.15) is 25.3 Å². The molecule has 0 aliphatic carbocycles. The van der Waals surface area contributed by atoms with Gasteiger partial charge in [-0.3, -0.25) is 9.69 Å². The number of rotatable bonds is 6. The number of nitrogens with two attached hydrogens (primary N) is 1. The lowest BCUT2D eigenvalue weighted by molar-refractivity contribution is -0.116. The van der Waals surface area contributed by atoms with Crippen LogP contribution in [0.25, 0.3) is 0 Å². The molecule has 116 valence electrons. The molecule has 0 spiro atoms. The average Bonchev–Trinajstić information content (AvgIpc) is 2.46. The third-order valence-electron chi connectivity index (χ3n) is 3.55. The normalized spacial score (nSPS) is 17.4. The zero-order valence-corrected chi connectivity index (χ0v) is 13.5. The molecule has 1 aliphatic heterocycles. The van der Waals surface area contributed by atoms with Gasteiger partial charge in [-0.1, -0.05) is 12.1 Å². The molecule has 1 saturated heterocycles. The van der Waals surface area contributed by atoms with Crippen LogP contribution in [0.15, 0.2) is 24.3 Å². The number of hydrogen-bond acceptors (Lipinski definition) is 4. The molecule has 1 aromatic rings. The number of carbonyl (C=O) groups is 1. The van der Waals surface area contributed by atoms with Gasteiger partial charge in [0.05, 0.1) is 0 Å². The first-order valence-electron chi connectivity index (χ1n) is 7.58. The van der Waals surface area contributed by atoms with Crippen molar-refractivity contribution < 1.29 is 4.79 Å². The largest absolute Gasteiger partial charge is 0.328 e. The van der Waals surface area contributed by atoms with Gasteiger partial charge >= 0.3 is 0 Å². The highest BCUT2D eigenvalue weighted by atomic mass is 32.2. The zero-order valence-electron chi connectivity index (χ0n) is 12.7. The molecule has 1 fully saturated rings. The molecule has 0 radical (unpaired) electrons. The van der Waals surface area contributed by atoms with E-state index in [1.165, 1.54) is 17.1 Å². The van der Waals surface area contributed by atoms with Crippen LogP contribution in [0.5, 0.6) is 0 Å². The second kappa shape index (κ2) is 8.41. The summed E-state index contributed by atoms with van der Waals surface area (Å²) in [6.45, 7) is 5.18. The van der Waals surface area contributed by atoms with Gasteiger partial charge in [0.2, 0.25) is 5.91 Å². The number of hydrogen-bond donors (Lipinski definition) is 2. The van der Waals surface area contributed by atoms with Crippen LogP contribution in [0, 0.1) is 0 Å². The molecular weight excluding hydrogens is 282 g/mol. The average molecular weight is 307 g/mol. The summed E-state index contributed by atoms with van der Waals surface area (Å²) in [5.74, 6) is 2.47. The molecule has 1 aromatic carbocycles. The summed E-state index contributed by atoms with van der Waals surface area (Å²) in [5, 5.41) is 2.96. The maximum Gasteiger partial charge on any atom is 0.224 e. The van der Waals surface area contributed by atoms with E-state index in [2.05, 4.69) is 22.3 Å². The Morgan fingerprint density at radius 1 is 1.43 bits per heavy atom. The lowest BCUT2D eigenvalue weighted by Gasteiger charge is -2.26. The van der Waals surface area contributed by atoms with E-state index in [0.717, 1.165) is 31.7 Å². The number of amides is 1. The van der Waals surface area contributed by atoms with Crippen molar-refractivity contribution in [2.45, 2.75) is 32.4 Å². The lowest BCUT2D eigenvalue weighted by Crippen LogP contribution is -2.31. The summed E-state index contributed by atoms with van der Waals surface area (Å²) in [5.41, 5.74) is 7.81. The van der Waals surface area contributed by atoms with Crippen LogP contribution >= 0.6 is 11.8 Å². The predicted octanol–water partition coefficient (Wildman–Crippen LogP) is 2.30. The Bertz CT molecular complexity index is 459. The topological polar surface area (TPSA) is 58.4 Å². The SMILES string of the molecule is CC(N)CCC(=O)Nc1cccc(CN2CCSCC2)c1. The van der Waals surface area contributed by atoms with Crippen molar-refractivity contribution in [3.63, 3.8) is 0 Å². The highest BCUT2D eigenvalue weighted by molar-refractivity contribution is 7.99. The second-order valence-corrected chi connectivity index (χ2v) is 6.88. The number of nitrogens with zero attached hydrogens (tertiary/aromatic N) is 1. The van der Waals surface area contributed by atoms with Crippen LogP contribution in [0.4, 0.5) is 5.69 Å². The fourth-order valence-corrected chi connectivity index (χ4v) is 3.33. The van der Waals surface area contributed by atoms with E-state index >= 15 is 0 Å². The van der Waals surface area contributed by atoms with Gasteiger partial charge in [0, 0.05) is 49.3 Å². The summed E-state index contributed by atoms with van der Waals surface area (Å²) in [6, 6.07) is 8.22. The molecule has 1 heterocycles. The van der Waals surface area contributed by atoms with Crippen molar-refractivity contribution in [2.24, 2.45) is 5.73 Å². The summed E-state index contributed by atoms with van der Waals surface area (Å²) in [6.07, 6.45) is 1.20. The van der Waals surface area contributed by atoms with E-state index in [4.69, 9.17) is 5.73 Å². The molecule has 21 heavy (non-hydrogen) atoms. The fourth-order valence-electron chi connectivity index (χ4n) is 2.35. The maximum absolute atomic E-state index is 11.8. The van der Waals surface area contributed by atoms with Gasteiger partial charge in [0.25, 0.3) is 0 Å². The van der Waals surface area contributed by atoms with Crippen LogP contribution in [0.3, 0.4) is 0 Å². The van der Waals surface area contributed by atoms with Gasteiger partial charge in [-0.2, -0.15) is 11.8 Å². The van der Waals surface area contributed by atoms with Gasteiger partial charge in [-0.05, 0) is 31.0 Å². The highest BCUT2D eigenvalue weighted by Gasteiger charge is 2.11. The molecule has 2 rings (SSSR count). The number of nitrogens with one attached hydrogen (secondary N) is 1. The molecular formula is C16H25N3OS. The Balaban J connectivity index is 1.86. The first-order valence-corrected chi connectivity index (χ1v) is 8.73. The van der Waals surface area contributed by atoms with Crippen LogP contribution in [0.2, 0.25) is 0 Å². The molecule has 5 heteroatoms. The Labute approximate surface area is 131 Å². The second-order valence-electron chi connectivity index (χ2n) is 5.65. The summed E-state index contributed by atoms with van der Waals surface area (Å²) in [4.78, 5) is 14.3. The van der Waals surface area contributed by atoms with E-state index in [1.807, 2.05) is 30.8 Å². The smallest absolute Gasteiger partial charge is 0.224 e. The first kappa shape index (κ1) is 16.3. The van der Waals surface area contributed by atoms with Crippen molar-refractivity contribution >= 4 is 23.4 Å². The van der Waals surface area contributed by atoms with Gasteiger partial charge in [-0.15, -0.1) is 0 Å². The molecule has 1 unspecified atom stereocenters. The molecule has 4 nitrogen and oxygen atoms in total. The van der Waals surface area contributed by atoms with Gasteiger partial charge in [-0.25, -0.2) is 0 Å². The number of benzene rings is 1. The van der Waals surface area contributed by atoms with E-state index in [1.54, 1.807) is 0 Å². The van der Waals surface area contributed by atoms with E-state index in [0.29, 0.717) is 6.42 Å². The van der Waals surface area contributed by atoms with Crippen molar-refractivity contribution in [3.05, 3.63) is 29.8 Å². The Morgan fingerprint density at radius 3 is 2.90 bits per heavy atom. The summed E-state index contributed by atoms with van der Waals surface area (Å²) < 4.78 is 0. The molecule has 0 saturated carbocycles. The molecule has 3 N–H and O–H groups in total. The molecule has 0 bridgehead atoms. The molecule has 0 aromatic heterocycles. The molecule has 1 atom stereocenters. The first-order chi connectivity index (χ1) is 10.1. The number of anilines is 1. The zero-order chi connectivity index (χ0) is 15.1. The van der Waals surface area contributed by atoms with E-state index in [9.17, 15) is 4.79 Å². The standard InChI is InChI=1S/C16H25N3OS/c1-13(17)5-6-16(20)18-15-4-2-3-14(11-15)12-19-7-9-21-10-8-19/h2-4,11,13H,5-10,12,17H2,1H3,(H,18,20). The number of thioether (sulfide) groups is 1. The summed E-state index contributed by atoms with van der Waals surface area (Å²) in [7, 11) is 0. The molecule has 1 amide bonds. The number of carbonyl (C=O) groups excluding carboxylic acids is 1. The van der Waals surface area contributed by atoms with Crippen molar-refractivity contribution in [3.8, 4) is 0 Å². The van der Waals surface area contributed by atoms with Crippen molar-refractivity contribution in [1.82, 2.24) is 4.90 Å². The Morgan fingerprint density at radius 2 is 2.19 bits per heavy atom. The lowest BCUT2D eigenvalue weighted by atomic mass is 10.1. The predicted molar refractivity (Wildman–Crippen MR) is 90.6 cm³/mol. The Hall–Kier alpha value is -1.04. The minimum Gasteiger partial charge on any atom is -0.328 e. The highest BCUT2D eigenvalue weighted by Crippen LogP contribution is 2.16. The maximum atomic E-state index is 11.8. The van der Waals surface area contributed by atoms with Gasteiger partial charge < -0.3 is 11.1 Å². The minimum absolute atomic E-state index is 0.0406. The fraction of sp³-hybridized carbons (Fsp3) is 0.562. The van der Waals surface area contributed by atoms with Crippen LogP contribution in [-0.4, -0.2) is 41.4 Å². The van der Waals surface area contributed by atoms with Crippen molar-refractivity contribution in [2.75, 3.05) is 29.9 Å². The van der Waals surface area contributed by atoms with Gasteiger partial charge in [0.1, 0.15) is 0 Å². The molecule has 1 aliphatic rings. The van der Waals surface area contributed by atoms with Crippen molar-refractivity contribution in [1.29, 1.82) is 0 Å². The van der Waals surface area contributed by atoms with Gasteiger partial charge in [0.15, 0.2) is 0 Å².